The fourth-order valence-corrected chi connectivity index (χ4v) is 0.381. The predicted octanol–water partition coefficient (Wildman–Crippen LogP) is 1.90. The van der Waals surface area contributed by atoms with Crippen molar-refractivity contribution in [3.8, 4) is 0 Å². The molecule has 0 saturated heterocycles. The first-order valence-corrected chi connectivity index (χ1v) is 4.15. The lowest BCUT2D eigenvalue weighted by atomic mass is 10.2. The van der Waals surface area contributed by atoms with E-state index >= 15 is 0 Å². The highest BCUT2D eigenvalue weighted by atomic mass is 17.5. The third-order valence-electron chi connectivity index (χ3n) is 0.947. The van der Waals surface area contributed by atoms with Crippen molar-refractivity contribution in [1.29, 1.82) is 0 Å². The molecule has 0 spiro atoms. The van der Waals surface area contributed by atoms with Gasteiger partial charge in [-0.25, -0.2) is 4.89 Å². The summed E-state index contributed by atoms with van der Waals surface area (Å²) >= 11 is 0. The van der Waals surface area contributed by atoms with Gasteiger partial charge in [0, 0.05) is 0 Å². The normalized spacial score (nSPS) is 11.5. The first kappa shape index (κ1) is 11.8. The minimum Gasteiger partial charge on any atom is -0.349 e. The maximum absolute atomic E-state index is 5.02. The van der Waals surface area contributed by atoms with E-state index in [9.17, 15) is 0 Å². The quantitative estimate of drug-likeness (QED) is 0.258. The second-order valence-corrected chi connectivity index (χ2v) is 3.20. The van der Waals surface area contributed by atoms with Crippen LogP contribution in [0.4, 0.5) is 0 Å². The van der Waals surface area contributed by atoms with Gasteiger partial charge >= 0.3 is 0 Å². The Morgan fingerprint density at radius 3 is 2.17 bits per heavy atom. The number of rotatable bonds is 7. The molecule has 0 aliphatic carbocycles. The van der Waals surface area contributed by atoms with E-state index in [4.69, 9.17) is 4.74 Å². The molecule has 0 atom stereocenters. The Balaban J connectivity index is 2.91. The molecule has 0 amide bonds. The summed E-state index contributed by atoms with van der Waals surface area (Å²) in [5, 5.41) is 4.37. The Morgan fingerprint density at radius 1 is 1.00 bits per heavy atom. The number of hydrogen-bond donors (Lipinski definition) is 0. The molecule has 0 bridgehead atoms. The van der Waals surface area contributed by atoms with Crippen LogP contribution in [0.2, 0.25) is 0 Å². The fourth-order valence-electron chi connectivity index (χ4n) is 0.381. The lowest BCUT2D eigenvalue weighted by Gasteiger charge is -2.07. The molecule has 0 aromatic heterocycles. The third-order valence-corrected chi connectivity index (χ3v) is 0.947. The first-order valence-electron chi connectivity index (χ1n) is 4.15. The largest absolute Gasteiger partial charge is 0.349 e. The van der Waals surface area contributed by atoms with Crippen LogP contribution in [-0.4, -0.2) is 19.5 Å². The van der Waals surface area contributed by atoms with Crippen molar-refractivity contribution >= 4 is 0 Å². The van der Waals surface area contributed by atoms with E-state index in [2.05, 4.69) is 14.8 Å². The van der Waals surface area contributed by atoms with Crippen molar-refractivity contribution in [2.45, 2.75) is 33.8 Å². The molecule has 74 valence electrons. The van der Waals surface area contributed by atoms with Gasteiger partial charge in [0.05, 0.1) is 12.7 Å². The summed E-state index contributed by atoms with van der Waals surface area (Å²) in [6, 6.07) is 0. The average molecular weight is 178 g/mol. The molecule has 0 aliphatic rings. The lowest BCUT2D eigenvalue weighted by molar-refractivity contribution is -0.530. The van der Waals surface area contributed by atoms with Crippen LogP contribution in [0.25, 0.3) is 0 Å². The van der Waals surface area contributed by atoms with Crippen molar-refractivity contribution in [1.82, 2.24) is 0 Å². The van der Waals surface area contributed by atoms with Crippen LogP contribution in [0.15, 0.2) is 0 Å². The molecule has 0 aliphatic heterocycles. The van der Waals surface area contributed by atoms with Gasteiger partial charge in [-0.3, -0.25) is 0 Å². The van der Waals surface area contributed by atoms with E-state index in [1.807, 2.05) is 27.7 Å². The van der Waals surface area contributed by atoms with Crippen LogP contribution in [0.5, 0.6) is 0 Å². The molecular formula is C8H18O4. The summed E-state index contributed by atoms with van der Waals surface area (Å²) in [5.74, 6) is 0.430. The van der Waals surface area contributed by atoms with Gasteiger partial charge < -0.3 is 4.74 Å². The van der Waals surface area contributed by atoms with Crippen molar-refractivity contribution < 1.29 is 19.6 Å². The minimum atomic E-state index is 0.0930. The van der Waals surface area contributed by atoms with E-state index in [-0.39, 0.29) is 12.9 Å². The van der Waals surface area contributed by atoms with Crippen LogP contribution in [0.3, 0.4) is 0 Å². The molecule has 0 rings (SSSR count). The zero-order chi connectivity index (χ0) is 9.40. The van der Waals surface area contributed by atoms with E-state index in [1.54, 1.807) is 0 Å². The highest BCUT2D eigenvalue weighted by Crippen LogP contribution is 1.94. The van der Waals surface area contributed by atoms with Crippen molar-refractivity contribution in [2.24, 2.45) is 5.92 Å². The van der Waals surface area contributed by atoms with Crippen LogP contribution >= 0.6 is 0 Å². The van der Waals surface area contributed by atoms with Gasteiger partial charge in [-0.15, -0.1) is 0 Å². The Labute approximate surface area is 73.6 Å². The molecule has 0 aromatic rings. The predicted molar refractivity (Wildman–Crippen MR) is 44.0 cm³/mol. The Kier molecular flexibility index (Phi) is 7.39. The van der Waals surface area contributed by atoms with Gasteiger partial charge in [-0.2, -0.15) is 4.89 Å². The summed E-state index contributed by atoms with van der Waals surface area (Å²) in [4.78, 5) is 9.23. The summed E-state index contributed by atoms with van der Waals surface area (Å²) in [5.41, 5.74) is 0. The van der Waals surface area contributed by atoms with Gasteiger partial charge in [0.2, 0.25) is 0 Å². The second-order valence-electron chi connectivity index (χ2n) is 3.20. The van der Waals surface area contributed by atoms with Gasteiger partial charge in [0.1, 0.15) is 0 Å². The fraction of sp³-hybridized carbons (Fsp3) is 1.00. The average Bonchev–Trinajstić information content (AvgIpc) is 1.95. The van der Waals surface area contributed by atoms with Gasteiger partial charge in [0.25, 0.3) is 0 Å². The van der Waals surface area contributed by atoms with Crippen LogP contribution in [0.1, 0.15) is 27.7 Å². The van der Waals surface area contributed by atoms with Crippen LogP contribution in [-0.2, 0) is 19.6 Å². The third kappa shape index (κ3) is 9.84. The molecule has 0 heterocycles. The minimum absolute atomic E-state index is 0.0930. The first-order chi connectivity index (χ1) is 5.63. The Hall–Kier alpha value is -0.160. The molecule has 0 aromatic carbocycles. The highest BCUT2D eigenvalue weighted by molar-refractivity contribution is 4.34. The molecule has 4 nitrogen and oxygen atoms in total. The monoisotopic (exact) mass is 178 g/mol. The standard InChI is InChI=1S/C8H18O4/c1-7(2)5-10-12-11-6-9-8(3)4/h7-8H,5-6H2,1-4H3. The molecule has 4 heteroatoms. The molecule has 0 saturated carbocycles. The van der Waals surface area contributed by atoms with Crippen LogP contribution in [0, 0.1) is 5.92 Å². The van der Waals surface area contributed by atoms with Crippen molar-refractivity contribution in [2.75, 3.05) is 13.4 Å². The highest BCUT2D eigenvalue weighted by Gasteiger charge is 1.96. The summed E-state index contributed by atoms with van der Waals surface area (Å²) in [6.07, 6.45) is 0.138. The number of ether oxygens (including phenoxy) is 1. The topological polar surface area (TPSA) is 36.9 Å². The Bertz CT molecular complexity index is 81.1. The van der Waals surface area contributed by atoms with E-state index in [1.165, 1.54) is 0 Å². The van der Waals surface area contributed by atoms with E-state index < -0.39 is 0 Å². The van der Waals surface area contributed by atoms with Crippen molar-refractivity contribution in [3.63, 3.8) is 0 Å². The number of hydrogen-bond acceptors (Lipinski definition) is 4. The maximum atomic E-state index is 5.02. The van der Waals surface area contributed by atoms with E-state index in [0.717, 1.165) is 0 Å². The zero-order valence-corrected chi connectivity index (χ0v) is 8.20. The molecule has 0 fully saturated rings. The maximum Gasteiger partial charge on any atom is 0.184 e. The van der Waals surface area contributed by atoms with Gasteiger partial charge in [0.15, 0.2) is 6.79 Å². The Morgan fingerprint density at radius 2 is 1.67 bits per heavy atom. The van der Waals surface area contributed by atoms with Gasteiger partial charge in [-0.05, 0) is 19.8 Å². The summed E-state index contributed by atoms with van der Waals surface area (Å²) < 4.78 is 5.02. The summed E-state index contributed by atoms with van der Waals surface area (Å²) in [7, 11) is 0. The second kappa shape index (κ2) is 7.49. The van der Waals surface area contributed by atoms with Crippen molar-refractivity contribution in [3.05, 3.63) is 0 Å². The molecule has 0 N–H and O–H groups in total. The molecule has 12 heavy (non-hydrogen) atoms. The molecular weight excluding hydrogens is 160 g/mol. The lowest BCUT2D eigenvalue weighted by Crippen LogP contribution is -2.09. The van der Waals surface area contributed by atoms with Gasteiger partial charge in [-0.1, -0.05) is 18.9 Å². The smallest absolute Gasteiger partial charge is 0.184 e. The van der Waals surface area contributed by atoms with Crippen LogP contribution < -0.4 is 0 Å². The SMILES string of the molecule is CC(C)COOOCOC(C)C. The molecule has 0 unspecified atom stereocenters. The summed E-state index contributed by atoms with van der Waals surface area (Å²) in [6.45, 7) is 8.48. The molecule has 0 radical (unpaired) electrons. The zero-order valence-electron chi connectivity index (χ0n) is 8.20. The van der Waals surface area contributed by atoms with E-state index in [0.29, 0.717) is 12.5 Å².